The average molecular weight is 404 g/mol. The predicted molar refractivity (Wildman–Crippen MR) is 104 cm³/mol. The van der Waals surface area contributed by atoms with Crippen LogP contribution in [0.2, 0.25) is 5.02 Å². The molecule has 140 valence electrons. The number of rotatable bonds is 9. The van der Waals surface area contributed by atoms with Crippen LogP contribution in [0.25, 0.3) is 0 Å². The molecule has 0 saturated heterocycles. The number of ether oxygens (including phenoxy) is 1. The number of halogens is 1. The van der Waals surface area contributed by atoms with E-state index in [9.17, 15) is 4.79 Å². The third-order valence-electron chi connectivity index (χ3n) is 3.51. The molecule has 1 amide bonds. The summed E-state index contributed by atoms with van der Waals surface area (Å²) < 4.78 is 7.21. The largest absolute Gasteiger partial charge is 0.492 e. The molecular weight excluding hydrogens is 386 g/mol. The second kappa shape index (κ2) is 9.94. The maximum absolute atomic E-state index is 12.0. The smallest absolute Gasteiger partial charge is 0.230 e. The zero-order chi connectivity index (χ0) is 18.9. The van der Waals surface area contributed by atoms with Gasteiger partial charge in [-0.2, -0.15) is 0 Å². The quantitative estimate of drug-likeness (QED) is 0.437. The summed E-state index contributed by atoms with van der Waals surface area (Å²) in [5.41, 5.74) is 1.09. The van der Waals surface area contributed by atoms with E-state index >= 15 is 0 Å². The van der Waals surface area contributed by atoms with Gasteiger partial charge < -0.3 is 10.1 Å². The predicted octanol–water partition coefficient (Wildman–Crippen LogP) is 2.66. The third-order valence-corrected chi connectivity index (χ3v) is 4.72. The molecule has 0 aliphatic rings. The monoisotopic (exact) mass is 403 g/mol. The Kier molecular flexibility index (Phi) is 7.06. The van der Waals surface area contributed by atoms with Crippen LogP contribution in [-0.4, -0.2) is 45.0 Å². The summed E-state index contributed by atoms with van der Waals surface area (Å²) in [7, 11) is 0. The van der Waals surface area contributed by atoms with Crippen LogP contribution in [0, 0.1) is 0 Å². The lowest BCUT2D eigenvalue weighted by molar-refractivity contribution is -0.118. The lowest BCUT2D eigenvalue weighted by atomic mass is 10.2. The second-order valence-electron chi connectivity index (χ2n) is 5.55. The number of carbonyl (C=O) groups is 1. The van der Waals surface area contributed by atoms with E-state index < -0.39 is 0 Å². The molecule has 0 aliphatic heterocycles. The van der Waals surface area contributed by atoms with Crippen LogP contribution in [0.3, 0.4) is 0 Å². The van der Waals surface area contributed by atoms with Crippen molar-refractivity contribution < 1.29 is 9.53 Å². The van der Waals surface area contributed by atoms with Crippen molar-refractivity contribution in [1.82, 2.24) is 25.5 Å². The number of tetrazole rings is 1. The highest BCUT2D eigenvalue weighted by atomic mass is 35.5. The minimum atomic E-state index is -0.103. The fourth-order valence-corrected chi connectivity index (χ4v) is 3.06. The molecule has 0 spiro atoms. The zero-order valence-electron chi connectivity index (χ0n) is 14.4. The maximum atomic E-state index is 12.0. The van der Waals surface area contributed by atoms with E-state index in [1.54, 1.807) is 28.9 Å². The molecule has 1 heterocycles. The number of amides is 1. The number of hydrogen-bond donors (Lipinski definition) is 1. The van der Waals surface area contributed by atoms with Gasteiger partial charge in [-0.1, -0.05) is 53.7 Å². The summed E-state index contributed by atoms with van der Waals surface area (Å²) in [5, 5.41) is 15.7. The van der Waals surface area contributed by atoms with Crippen molar-refractivity contribution in [2.75, 3.05) is 18.9 Å². The summed E-state index contributed by atoms with van der Waals surface area (Å²) in [6.07, 6.45) is 0. The number of nitrogens with zero attached hydrogens (tertiary/aromatic N) is 4. The van der Waals surface area contributed by atoms with Crippen molar-refractivity contribution in [1.29, 1.82) is 0 Å². The van der Waals surface area contributed by atoms with Gasteiger partial charge in [-0.15, -0.1) is 5.10 Å². The van der Waals surface area contributed by atoms with Crippen molar-refractivity contribution in [3.05, 3.63) is 65.2 Å². The molecule has 0 aliphatic carbocycles. The van der Waals surface area contributed by atoms with Crippen LogP contribution < -0.4 is 10.1 Å². The number of nitrogens with one attached hydrogen (secondary N) is 1. The van der Waals surface area contributed by atoms with Gasteiger partial charge in [0.2, 0.25) is 11.1 Å². The number of hydrogen-bond acceptors (Lipinski definition) is 6. The van der Waals surface area contributed by atoms with Gasteiger partial charge in [-0.25, -0.2) is 4.68 Å². The van der Waals surface area contributed by atoms with E-state index in [0.717, 1.165) is 5.56 Å². The Morgan fingerprint density at radius 1 is 1.15 bits per heavy atom. The van der Waals surface area contributed by atoms with Crippen molar-refractivity contribution in [3.8, 4) is 5.75 Å². The van der Waals surface area contributed by atoms with Crippen LogP contribution in [0.15, 0.2) is 59.8 Å². The third kappa shape index (κ3) is 6.26. The molecule has 0 unspecified atom stereocenters. The Balaban J connectivity index is 1.38. The highest BCUT2D eigenvalue weighted by molar-refractivity contribution is 7.99. The maximum Gasteiger partial charge on any atom is 0.230 e. The molecule has 27 heavy (non-hydrogen) atoms. The molecule has 2 aromatic carbocycles. The van der Waals surface area contributed by atoms with Crippen LogP contribution in [0.1, 0.15) is 5.56 Å². The Hall–Kier alpha value is -2.58. The highest BCUT2D eigenvalue weighted by Crippen LogP contribution is 2.16. The summed E-state index contributed by atoms with van der Waals surface area (Å²) in [4.78, 5) is 12.0. The highest BCUT2D eigenvalue weighted by Gasteiger charge is 2.10. The molecule has 3 rings (SSSR count). The van der Waals surface area contributed by atoms with Gasteiger partial charge in [0, 0.05) is 5.02 Å². The molecular formula is C18H18ClN5O2S. The molecule has 0 bridgehead atoms. The number of carbonyl (C=O) groups excluding carboxylic acids is 1. The Bertz CT molecular complexity index is 858. The molecule has 1 N–H and O–H groups in total. The minimum Gasteiger partial charge on any atom is -0.492 e. The zero-order valence-corrected chi connectivity index (χ0v) is 16.0. The number of aromatic nitrogens is 4. The summed E-state index contributed by atoms with van der Waals surface area (Å²) in [6, 6.07) is 17.0. The van der Waals surface area contributed by atoms with Gasteiger partial charge in [0.05, 0.1) is 18.8 Å². The molecule has 7 nitrogen and oxygen atoms in total. The molecule has 0 radical (unpaired) electrons. The number of thioether (sulfide) groups is 1. The van der Waals surface area contributed by atoms with Crippen molar-refractivity contribution in [2.45, 2.75) is 11.7 Å². The van der Waals surface area contributed by atoms with E-state index in [0.29, 0.717) is 35.6 Å². The van der Waals surface area contributed by atoms with Crippen molar-refractivity contribution >= 4 is 29.3 Å². The first-order valence-electron chi connectivity index (χ1n) is 8.28. The molecule has 3 aromatic rings. The first kappa shape index (κ1) is 19.2. The van der Waals surface area contributed by atoms with Crippen LogP contribution in [0.4, 0.5) is 0 Å². The van der Waals surface area contributed by atoms with E-state index in [1.807, 2.05) is 30.3 Å². The van der Waals surface area contributed by atoms with E-state index in [1.165, 1.54) is 11.8 Å². The molecule has 9 heteroatoms. The van der Waals surface area contributed by atoms with Gasteiger partial charge in [-0.05, 0) is 40.3 Å². The van der Waals surface area contributed by atoms with Gasteiger partial charge in [0.1, 0.15) is 12.4 Å². The van der Waals surface area contributed by atoms with Crippen LogP contribution in [-0.2, 0) is 11.3 Å². The lowest BCUT2D eigenvalue weighted by Gasteiger charge is -2.08. The Morgan fingerprint density at radius 2 is 1.93 bits per heavy atom. The Morgan fingerprint density at radius 3 is 2.70 bits per heavy atom. The van der Waals surface area contributed by atoms with Crippen LogP contribution >= 0.6 is 23.4 Å². The van der Waals surface area contributed by atoms with Gasteiger partial charge in [-0.3, -0.25) is 4.79 Å². The van der Waals surface area contributed by atoms with Crippen molar-refractivity contribution in [3.63, 3.8) is 0 Å². The molecule has 0 fully saturated rings. The summed E-state index contributed by atoms with van der Waals surface area (Å²) >= 11 is 7.11. The first-order valence-corrected chi connectivity index (χ1v) is 9.65. The Labute approximate surface area is 166 Å². The summed E-state index contributed by atoms with van der Waals surface area (Å²) in [5.74, 6) is 0.841. The fourth-order valence-electron chi connectivity index (χ4n) is 2.23. The SMILES string of the molecule is O=C(CSc1nnnn1Cc1ccccc1)NCCOc1ccc(Cl)cc1. The first-order chi connectivity index (χ1) is 13.2. The molecule has 0 atom stereocenters. The number of benzene rings is 2. The molecule has 1 aromatic heterocycles. The van der Waals surface area contributed by atoms with Gasteiger partial charge in [0.25, 0.3) is 0 Å². The van der Waals surface area contributed by atoms with E-state index in [4.69, 9.17) is 16.3 Å². The topological polar surface area (TPSA) is 81.9 Å². The minimum absolute atomic E-state index is 0.103. The average Bonchev–Trinajstić information content (AvgIpc) is 3.13. The van der Waals surface area contributed by atoms with Crippen molar-refractivity contribution in [2.24, 2.45) is 0 Å². The van der Waals surface area contributed by atoms with Crippen LogP contribution in [0.5, 0.6) is 5.75 Å². The standard InChI is InChI=1S/C18H18ClN5O2S/c19-15-6-8-16(9-7-15)26-11-10-20-17(25)13-27-18-21-22-23-24(18)12-14-4-2-1-3-5-14/h1-9H,10-13H2,(H,20,25). The normalized spacial score (nSPS) is 10.6. The van der Waals surface area contributed by atoms with E-state index in [-0.39, 0.29) is 11.7 Å². The van der Waals surface area contributed by atoms with Gasteiger partial charge in [0.15, 0.2) is 0 Å². The van der Waals surface area contributed by atoms with E-state index in [2.05, 4.69) is 20.8 Å². The fraction of sp³-hybridized carbons (Fsp3) is 0.222. The molecule has 0 saturated carbocycles. The second-order valence-corrected chi connectivity index (χ2v) is 6.92. The van der Waals surface area contributed by atoms with Gasteiger partial charge >= 0.3 is 0 Å². The summed E-state index contributed by atoms with van der Waals surface area (Å²) in [6.45, 7) is 1.35. The lowest BCUT2D eigenvalue weighted by Crippen LogP contribution is -2.29.